The molecule has 0 unspecified atom stereocenters. The molecule has 0 aliphatic heterocycles. The molecule has 0 saturated heterocycles. The van der Waals surface area contributed by atoms with Crippen molar-refractivity contribution in [3.05, 3.63) is 35.9 Å². The summed E-state index contributed by atoms with van der Waals surface area (Å²) in [5.41, 5.74) is 1.14. The largest absolute Gasteiger partial charge is 0.368 e. The van der Waals surface area contributed by atoms with E-state index >= 15 is 0 Å². The van der Waals surface area contributed by atoms with Crippen molar-refractivity contribution in [3.63, 3.8) is 0 Å². The maximum absolute atomic E-state index is 6.92. The highest BCUT2D eigenvalue weighted by Crippen LogP contribution is 2.01. The molecule has 0 heterocycles. The summed E-state index contributed by atoms with van der Waals surface area (Å²) < 4.78 is 5.33. The first-order chi connectivity index (χ1) is 5.83. The molecule has 2 nitrogen and oxygen atoms in total. The van der Waals surface area contributed by atoms with Crippen LogP contribution in [0.2, 0.25) is 0 Å². The molecule has 0 amide bonds. The van der Waals surface area contributed by atoms with Crippen molar-refractivity contribution in [1.29, 1.82) is 5.41 Å². The third kappa shape index (κ3) is 2.84. The van der Waals surface area contributed by atoms with Crippen LogP contribution in [-0.4, -0.2) is 12.3 Å². The van der Waals surface area contributed by atoms with Gasteiger partial charge in [0.25, 0.3) is 0 Å². The fourth-order valence-electron chi connectivity index (χ4n) is 0.850. The first kappa shape index (κ1) is 8.94. The van der Waals surface area contributed by atoms with E-state index in [4.69, 9.17) is 10.1 Å². The molecule has 0 radical (unpaired) electrons. The Morgan fingerprint density at radius 1 is 1.42 bits per heavy atom. The van der Waals surface area contributed by atoms with Crippen LogP contribution in [0.5, 0.6) is 0 Å². The van der Waals surface area contributed by atoms with Gasteiger partial charge in [0.15, 0.2) is 0 Å². The molecule has 64 valence electrons. The summed E-state index contributed by atoms with van der Waals surface area (Å²) in [6.45, 7) is 2.44. The van der Waals surface area contributed by atoms with E-state index in [9.17, 15) is 0 Å². The van der Waals surface area contributed by atoms with E-state index in [0.717, 1.165) is 5.56 Å². The first-order valence-electron chi connectivity index (χ1n) is 3.99. The molecule has 1 aromatic rings. The second-order valence-electron chi connectivity index (χ2n) is 2.67. The highest BCUT2D eigenvalue weighted by molar-refractivity contribution is 5.58. The van der Waals surface area contributed by atoms with Crippen molar-refractivity contribution >= 4 is 6.21 Å². The van der Waals surface area contributed by atoms with Crippen LogP contribution in [0.25, 0.3) is 0 Å². The van der Waals surface area contributed by atoms with E-state index in [-0.39, 0.29) is 6.10 Å². The lowest BCUT2D eigenvalue weighted by Gasteiger charge is -2.06. The van der Waals surface area contributed by atoms with Crippen LogP contribution in [0, 0.1) is 5.41 Å². The Bertz CT molecular complexity index is 233. The van der Waals surface area contributed by atoms with Crippen LogP contribution in [-0.2, 0) is 11.3 Å². The van der Waals surface area contributed by atoms with Crippen molar-refractivity contribution in [2.75, 3.05) is 0 Å². The van der Waals surface area contributed by atoms with Gasteiger partial charge in [0.1, 0.15) is 0 Å². The smallest absolute Gasteiger partial charge is 0.0895 e. The van der Waals surface area contributed by atoms with Crippen LogP contribution >= 0.6 is 0 Å². The summed E-state index contributed by atoms with van der Waals surface area (Å²) in [6.07, 6.45) is 1.20. The Balaban J connectivity index is 2.38. The average Bonchev–Trinajstić information content (AvgIpc) is 2.16. The molecule has 0 spiro atoms. The van der Waals surface area contributed by atoms with E-state index < -0.39 is 0 Å². The van der Waals surface area contributed by atoms with Crippen LogP contribution in [0.15, 0.2) is 30.3 Å². The Labute approximate surface area is 72.7 Å². The highest BCUT2D eigenvalue weighted by atomic mass is 16.5. The maximum Gasteiger partial charge on any atom is 0.0895 e. The molecule has 1 rings (SSSR count). The average molecular weight is 163 g/mol. The molecule has 1 N–H and O–H groups in total. The normalized spacial score (nSPS) is 12.4. The fraction of sp³-hybridized carbons (Fsp3) is 0.300. The van der Waals surface area contributed by atoms with E-state index in [1.165, 1.54) is 6.21 Å². The van der Waals surface area contributed by atoms with Gasteiger partial charge < -0.3 is 10.1 Å². The van der Waals surface area contributed by atoms with Gasteiger partial charge in [0, 0.05) is 6.21 Å². The van der Waals surface area contributed by atoms with Gasteiger partial charge in [-0.15, -0.1) is 0 Å². The molecule has 1 atom stereocenters. The van der Waals surface area contributed by atoms with E-state index in [1.807, 2.05) is 37.3 Å². The molecule has 0 aliphatic rings. The lowest BCUT2D eigenvalue weighted by atomic mass is 10.2. The summed E-state index contributed by atoms with van der Waals surface area (Å²) in [5, 5.41) is 6.92. The van der Waals surface area contributed by atoms with Gasteiger partial charge in [-0.1, -0.05) is 30.3 Å². The van der Waals surface area contributed by atoms with Crippen molar-refractivity contribution in [3.8, 4) is 0 Å². The van der Waals surface area contributed by atoms with Crippen LogP contribution in [0.4, 0.5) is 0 Å². The molecule has 0 fully saturated rings. The zero-order valence-corrected chi connectivity index (χ0v) is 7.16. The number of hydrogen-bond donors (Lipinski definition) is 1. The fourth-order valence-corrected chi connectivity index (χ4v) is 0.850. The molecule has 0 saturated carbocycles. The first-order valence-corrected chi connectivity index (χ1v) is 3.99. The third-order valence-corrected chi connectivity index (χ3v) is 1.59. The molecular formula is C10H13NO. The number of benzene rings is 1. The van der Waals surface area contributed by atoms with Gasteiger partial charge in [0.05, 0.1) is 12.7 Å². The molecule has 12 heavy (non-hydrogen) atoms. The molecule has 0 bridgehead atoms. The summed E-state index contributed by atoms with van der Waals surface area (Å²) in [5.74, 6) is 0. The van der Waals surface area contributed by atoms with Crippen molar-refractivity contribution in [2.24, 2.45) is 0 Å². The van der Waals surface area contributed by atoms with Gasteiger partial charge in [-0.25, -0.2) is 0 Å². The Morgan fingerprint density at radius 3 is 2.67 bits per heavy atom. The predicted octanol–water partition coefficient (Wildman–Crippen LogP) is 2.24. The van der Waals surface area contributed by atoms with E-state index in [0.29, 0.717) is 6.61 Å². The predicted molar refractivity (Wildman–Crippen MR) is 49.5 cm³/mol. The van der Waals surface area contributed by atoms with Gasteiger partial charge in [-0.05, 0) is 12.5 Å². The maximum atomic E-state index is 6.92. The molecule has 1 aromatic carbocycles. The summed E-state index contributed by atoms with van der Waals surface area (Å²) in [6, 6.07) is 9.96. The molecule has 0 aromatic heterocycles. The van der Waals surface area contributed by atoms with E-state index in [2.05, 4.69) is 0 Å². The quantitative estimate of drug-likeness (QED) is 0.678. The van der Waals surface area contributed by atoms with Crippen molar-refractivity contribution in [2.45, 2.75) is 19.6 Å². The van der Waals surface area contributed by atoms with Gasteiger partial charge in [0.2, 0.25) is 0 Å². The minimum absolute atomic E-state index is 0.0924. The molecule has 0 aliphatic carbocycles. The highest BCUT2D eigenvalue weighted by Gasteiger charge is 1.96. The standard InChI is InChI=1S/C10H13NO/c1-9(7-11)12-8-10-5-3-2-4-6-10/h2-7,9,11H,8H2,1H3/t9-/m0/s1. The molecule has 2 heteroatoms. The van der Waals surface area contributed by atoms with Crippen LogP contribution in [0.3, 0.4) is 0 Å². The lowest BCUT2D eigenvalue weighted by Crippen LogP contribution is -2.08. The number of hydrogen-bond acceptors (Lipinski definition) is 2. The van der Waals surface area contributed by atoms with Gasteiger partial charge in [-0.2, -0.15) is 0 Å². The number of rotatable bonds is 4. The van der Waals surface area contributed by atoms with Crippen molar-refractivity contribution in [1.82, 2.24) is 0 Å². The summed E-state index contributed by atoms with van der Waals surface area (Å²) in [4.78, 5) is 0. The second kappa shape index (κ2) is 4.67. The number of ether oxygens (including phenoxy) is 1. The SMILES string of the molecule is C[C@@H](C=N)OCc1ccccc1. The number of nitrogens with one attached hydrogen (secondary N) is 1. The second-order valence-corrected chi connectivity index (χ2v) is 2.67. The zero-order chi connectivity index (χ0) is 8.81. The van der Waals surface area contributed by atoms with Gasteiger partial charge >= 0.3 is 0 Å². The Hall–Kier alpha value is -1.15. The van der Waals surface area contributed by atoms with Crippen LogP contribution in [0.1, 0.15) is 12.5 Å². The minimum atomic E-state index is -0.0924. The van der Waals surface area contributed by atoms with Crippen molar-refractivity contribution < 1.29 is 4.74 Å². The summed E-state index contributed by atoms with van der Waals surface area (Å²) in [7, 11) is 0. The zero-order valence-electron chi connectivity index (χ0n) is 7.16. The van der Waals surface area contributed by atoms with Gasteiger partial charge in [-0.3, -0.25) is 0 Å². The minimum Gasteiger partial charge on any atom is -0.368 e. The Kier molecular flexibility index (Phi) is 3.48. The Morgan fingerprint density at radius 2 is 2.08 bits per heavy atom. The third-order valence-electron chi connectivity index (χ3n) is 1.59. The summed E-state index contributed by atoms with van der Waals surface area (Å²) >= 11 is 0. The topological polar surface area (TPSA) is 33.1 Å². The molecular weight excluding hydrogens is 150 g/mol. The lowest BCUT2D eigenvalue weighted by molar-refractivity contribution is 0.0987. The van der Waals surface area contributed by atoms with Crippen LogP contribution < -0.4 is 0 Å². The monoisotopic (exact) mass is 163 g/mol. The van der Waals surface area contributed by atoms with E-state index in [1.54, 1.807) is 0 Å².